The normalized spacial score (nSPS) is 11.1. The van der Waals surface area contributed by atoms with E-state index in [0.29, 0.717) is 16.7 Å². The summed E-state index contributed by atoms with van der Waals surface area (Å²) in [5.74, 6) is 1.79. The molecule has 5 heteroatoms. The molecule has 0 radical (unpaired) electrons. The predicted octanol–water partition coefficient (Wildman–Crippen LogP) is 6.87. The zero-order valence-electron chi connectivity index (χ0n) is 15.3. The summed E-state index contributed by atoms with van der Waals surface area (Å²) >= 11 is 12.1. The van der Waals surface area contributed by atoms with Crippen LogP contribution in [0.4, 0.5) is 0 Å². The Morgan fingerprint density at radius 2 is 1.64 bits per heavy atom. The maximum Gasteiger partial charge on any atom is 0.141 e. The highest BCUT2D eigenvalue weighted by molar-refractivity contribution is 6.31. The van der Waals surface area contributed by atoms with Crippen LogP contribution in [0.2, 0.25) is 10.0 Å². The molecule has 142 valence electrons. The Kier molecular flexibility index (Phi) is 5.84. The standard InChI is InChI=1S/C23H20Cl2N2O/c24-18-10-12-20(13-11-18)28-15-4-3-14-27-22-9-2-1-8-21(22)26-23(27)17-6-5-7-19(25)16-17/h1-2,5-13,16H,3-4,14-15H2. The summed E-state index contributed by atoms with van der Waals surface area (Å²) < 4.78 is 8.06. The van der Waals surface area contributed by atoms with Gasteiger partial charge in [0.05, 0.1) is 17.6 Å². The highest BCUT2D eigenvalue weighted by atomic mass is 35.5. The van der Waals surface area contributed by atoms with E-state index in [9.17, 15) is 0 Å². The molecule has 28 heavy (non-hydrogen) atoms. The van der Waals surface area contributed by atoms with Crippen LogP contribution >= 0.6 is 23.2 Å². The molecule has 0 aliphatic carbocycles. The molecule has 0 atom stereocenters. The Morgan fingerprint density at radius 1 is 0.821 bits per heavy atom. The number of halogens is 2. The molecular weight excluding hydrogens is 391 g/mol. The van der Waals surface area contributed by atoms with Gasteiger partial charge in [0.25, 0.3) is 0 Å². The lowest BCUT2D eigenvalue weighted by molar-refractivity contribution is 0.303. The van der Waals surface area contributed by atoms with Crippen LogP contribution in [-0.4, -0.2) is 16.2 Å². The lowest BCUT2D eigenvalue weighted by atomic mass is 10.2. The number of rotatable bonds is 7. The van der Waals surface area contributed by atoms with E-state index in [1.807, 2.05) is 66.7 Å². The third kappa shape index (κ3) is 4.32. The fraction of sp³-hybridized carbons (Fsp3) is 0.174. The third-order valence-corrected chi connectivity index (χ3v) is 5.08. The number of nitrogens with zero attached hydrogens (tertiary/aromatic N) is 2. The number of benzene rings is 3. The number of aryl methyl sites for hydroxylation is 1. The van der Waals surface area contributed by atoms with Crippen LogP contribution in [0.15, 0.2) is 72.8 Å². The van der Waals surface area contributed by atoms with Crippen LogP contribution in [0, 0.1) is 0 Å². The van der Waals surface area contributed by atoms with Crippen LogP contribution in [0.3, 0.4) is 0 Å². The van der Waals surface area contributed by atoms with E-state index in [4.69, 9.17) is 32.9 Å². The molecule has 0 aliphatic rings. The van der Waals surface area contributed by atoms with Gasteiger partial charge in [-0.1, -0.05) is 47.5 Å². The smallest absolute Gasteiger partial charge is 0.141 e. The van der Waals surface area contributed by atoms with Crippen LogP contribution < -0.4 is 4.74 Å². The summed E-state index contributed by atoms with van der Waals surface area (Å²) in [6, 6.07) is 23.5. The topological polar surface area (TPSA) is 27.1 Å². The zero-order valence-corrected chi connectivity index (χ0v) is 16.8. The van der Waals surface area contributed by atoms with Gasteiger partial charge < -0.3 is 9.30 Å². The van der Waals surface area contributed by atoms with Crippen molar-refractivity contribution in [2.45, 2.75) is 19.4 Å². The average Bonchev–Trinajstić information content (AvgIpc) is 3.08. The van der Waals surface area contributed by atoms with Gasteiger partial charge in [-0.25, -0.2) is 4.98 Å². The van der Waals surface area contributed by atoms with Gasteiger partial charge in [0.2, 0.25) is 0 Å². The highest BCUT2D eigenvalue weighted by Gasteiger charge is 2.12. The van der Waals surface area contributed by atoms with Crippen molar-refractivity contribution in [2.75, 3.05) is 6.61 Å². The Hall–Kier alpha value is -2.49. The SMILES string of the molecule is Clc1ccc(OCCCCn2c(-c3cccc(Cl)c3)nc3ccccc32)cc1. The number of aromatic nitrogens is 2. The van der Waals surface area contributed by atoms with Crippen molar-refractivity contribution in [1.29, 1.82) is 0 Å². The summed E-state index contributed by atoms with van der Waals surface area (Å²) in [6.07, 6.45) is 1.94. The van der Waals surface area contributed by atoms with E-state index < -0.39 is 0 Å². The van der Waals surface area contributed by atoms with Crippen molar-refractivity contribution in [3.05, 3.63) is 82.8 Å². The number of ether oxygens (including phenoxy) is 1. The Labute approximate surface area is 174 Å². The zero-order chi connectivity index (χ0) is 19.3. The van der Waals surface area contributed by atoms with Crippen LogP contribution in [0.1, 0.15) is 12.8 Å². The second-order valence-corrected chi connectivity index (χ2v) is 7.47. The monoisotopic (exact) mass is 410 g/mol. The molecule has 4 rings (SSSR count). The van der Waals surface area contributed by atoms with Crippen molar-refractivity contribution >= 4 is 34.2 Å². The number of hydrogen-bond acceptors (Lipinski definition) is 2. The minimum Gasteiger partial charge on any atom is -0.494 e. The van der Waals surface area contributed by atoms with Gasteiger partial charge in [-0.3, -0.25) is 0 Å². The first-order valence-electron chi connectivity index (χ1n) is 9.30. The highest BCUT2D eigenvalue weighted by Crippen LogP contribution is 2.27. The number of unbranched alkanes of at least 4 members (excludes halogenated alkanes) is 1. The Bertz CT molecular complexity index is 1070. The van der Waals surface area contributed by atoms with Gasteiger partial charge in [0, 0.05) is 22.2 Å². The summed E-state index contributed by atoms with van der Waals surface area (Å²) in [5, 5.41) is 1.43. The summed E-state index contributed by atoms with van der Waals surface area (Å²) in [7, 11) is 0. The van der Waals surface area contributed by atoms with Gasteiger partial charge in [-0.2, -0.15) is 0 Å². The fourth-order valence-corrected chi connectivity index (χ4v) is 3.56. The van der Waals surface area contributed by atoms with Crippen LogP contribution in [0.25, 0.3) is 22.4 Å². The molecule has 0 N–H and O–H groups in total. The second-order valence-electron chi connectivity index (χ2n) is 6.60. The molecule has 0 saturated carbocycles. The number of imidazole rings is 1. The summed E-state index contributed by atoms with van der Waals surface area (Å²) in [6.45, 7) is 1.53. The maximum absolute atomic E-state index is 6.20. The van der Waals surface area contributed by atoms with Crippen LogP contribution in [0.5, 0.6) is 5.75 Å². The first-order valence-corrected chi connectivity index (χ1v) is 10.1. The molecule has 0 unspecified atom stereocenters. The summed E-state index contributed by atoms with van der Waals surface area (Å²) in [4.78, 5) is 4.84. The van der Waals surface area contributed by atoms with Gasteiger partial charge >= 0.3 is 0 Å². The van der Waals surface area contributed by atoms with E-state index >= 15 is 0 Å². The van der Waals surface area contributed by atoms with E-state index in [0.717, 1.165) is 47.6 Å². The summed E-state index contributed by atoms with van der Waals surface area (Å²) in [5.41, 5.74) is 3.16. The molecule has 0 amide bonds. The van der Waals surface area contributed by atoms with E-state index in [-0.39, 0.29) is 0 Å². The van der Waals surface area contributed by atoms with Gasteiger partial charge in [-0.05, 0) is 61.4 Å². The van der Waals surface area contributed by atoms with Crippen molar-refractivity contribution in [3.8, 4) is 17.1 Å². The molecule has 3 aromatic carbocycles. The number of para-hydroxylation sites is 2. The molecule has 3 nitrogen and oxygen atoms in total. The molecule has 1 aromatic heterocycles. The number of fused-ring (bicyclic) bond motifs is 1. The molecule has 0 spiro atoms. The molecule has 0 fully saturated rings. The van der Waals surface area contributed by atoms with Crippen molar-refractivity contribution in [3.63, 3.8) is 0 Å². The lowest BCUT2D eigenvalue weighted by Crippen LogP contribution is -2.04. The lowest BCUT2D eigenvalue weighted by Gasteiger charge is -2.10. The quantitative estimate of drug-likeness (QED) is 0.310. The molecule has 0 bridgehead atoms. The molecule has 0 saturated heterocycles. The Balaban J connectivity index is 1.46. The van der Waals surface area contributed by atoms with Crippen LogP contribution in [-0.2, 0) is 6.54 Å². The van der Waals surface area contributed by atoms with E-state index in [2.05, 4.69) is 10.6 Å². The maximum atomic E-state index is 6.20. The fourth-order valence-electron chi connectivity index (χ4n) is 3.24. The van der Waals surface area contributed by atoms with Crippen molar-refractivity contribution < 1.29 is 4.74 Å². The average molecular weight is 411 g/mol. The van der Waals surface area contributed by atoms with E-state index in [1.165, 1.54) is 0 Å². The second kappa shape index (κ2) is 8.68. The molecule has 0 aliphatic heterocycles. The van der Waals surface area contributed by atoms with Crippen molar-refractivity contribution in [1.82, 2.24) is 9.55 Å². The van der Waals surface area contributed by atoms with E-state index in [1.54, 1.807) is 0 Å². The third-order valence-electron chi connectivity index (χ3n) is 4.60. The number of hydrogen-bond donors (Lipinski definition) is 0. The minimum absolute atomic E-state index is 0.667. The molecule has 1 heterocycles. The largest absolute Gasteiger partial charge is 0.494 e. The molecule has 4 aromatic rings. The van der Waals surface area contributed by atoms with Gasteiger partial charge in [0.1, 0.15) is 11.6 Å². The Morgan fingerprint density at radius 3 is 2.46 bits per heavy atom. The van der Waals surface area contributed by atoms with Gasteiger partial charge in [0.15, 0.2) is 0 Å². The van der Waals surface area contributed by atoms with Gasteiger partial charge in [-0.15, -0.1) is 0 Å². The first-order chi connectivity index (χ1) is 13.7. The first kappa shape index (κ1) is 18.9. The minimum atomic E-state index is 0.667. The predicted molar refractivity (Wildman–Crippen MR) is 116 cm³/mol. The molecular formula is C23H20Cl2N2O. The van der Waals surface area contributed by atoms with Crippen molar-refractivity contribution in [2.24, 2.45) is 0 Å².